The van der Waals surface area contributed by atoms with Gasteiger partial charge in [-0.05, 0) is 36.4 Å². The Morgan fingerprint density at radius 2 is 1.67 bits per heavy atom. The van der Waals surface area contributed by atoms with Crippen LogP contribution in [0.2, 0.25) is 0 Å². The van der Waals surface area contributed by atoms with Gasteiger partial charge in [0.15, 0.2) is 11.5 Å². The zero-order valence-electron chi connectivity index (χ0n) is 11.6. The summed E-state index contributed by atoms with van der Waals surface area (Å²) >= 11 is 0. The standard InChI is InChI=1S/C15H15FN2O3/c1-20-13-7-10(8-14(21-2)15(13)19)9-17-18-12-5-3-11(16)4-6-12/h3-9,18-19H,1-2H3/b17-9+. The number of benzene rings is 2. The molecule has 0 spiro atoms. The van der Waals surface area contributed by atoms with Crippen molar-refractivity contribution in [3.05, 3.63) is 47.8 Å². The van der Waals surface area contributed by atoms with Gasteiger partial charge in [-0.2, -0.15) is 5.10 Å². The van der Waals surface area contributed by atoms with E-state index in [9.17, 15) is 9.50 Å². The molecule has 0 aliphatic rings. The third kappa shape index (κ3) is 3.62. The van der Waals surface area contributed by atoms with Gasteiger partial charge in [-0.3, -0.25) is 5.43 Å². The second-order valence-electron chi connectivity index (χ2n) is 4.15. The number of halogens is 1. The summed E-state index contributed by atoms with van der Waals surface area (Å²) in [5.41, 5.74) is 4.10. The van der Waals surface area contributed by atoms with Crippen LogP contribution in [0.3, 0.4) is 0 Å². The maximum Gasteiger partial charge on any atom is 0.200 e. The first-order chi connectivity index (χ1) is 10.1. The van der Waals surface area contributed by atoms with E-state index in [-0.39, 0.29) is 23.1 Å². The molecule has 0 aliphatic heterocycles. The number of nitrogens with one attached hydrogen (secondary N) is 1. The summed E-state index contributed by atoms with van der Waals surface area (Å²) in [6, 6.07) is 9.06. The Morgan fingerprint density at radius 3 is 2.19 bits per heavy atom. The highest BCUT2D eigenvalue weighted by molar-refractivity contribution is 5.82. The van der Waals surface area contributed by atoms with Crippen molar-refractivity contribution in [2.24, 2.45) is 5.10 Å². The molecule has 2 aromatic carbocycles. The number of phenolic OH excluding ortho intramolecular Hbond substituents is 1. The molecule has 0 amide bonds. The summed E-state index contributed by atoms with van der Waals surface area (Å²) in [4.78, 5) is 0. The summed E-state index contributed by atoms with van der Waals surface area (Å²) in [6.07, 6.45) is 1.54. The van der Waals surface area contributed by atoms with Crippen LogP contribution in [0.25, 0.3) is 0 Å². The van der Waals surface area contributed by atoms with Crippen LogP contribution < -0.4 is 14.9 Å². The van der Waals surface area contributed by atoms with E-state index in [0.29, 0.717) is 11.3 Å². The minimum absolute atomic E-state index is 0.0661. The Labute approximate surface area is 121 Å². The molecule has 0 radical (unpaired) electrons. The fourth-order valence-corrected chi connectivity index (χ4v) is 1.69. The minimum Gasteiger partial charge on any atom is -0.502 e. The van der Waals surface area contributed by atoms with Crippen molar-refractivity contribution >= 4 is 11.9 Å². The van der Waals surface area contributed by atoms with Crippen LogP contribution in [-0.4, -0.2) is 25.5 Å². The van der Waals surface area contributed by atoms with Gasteiger partial charge < -0.3 is 14.6 Å². The molecule has 0 aliphatic carbocycles. The maximum atomic E-state index is 12.8. The molecule has 110 valence electrons. The Morgan fingerprint density at radius 1 is 1.10 bits per heavy atom. The number of hydrogen-bond acceptors (Lipinski definition) is 5. The number of aromatic hydroxyl groups is 1. The smallest absolute Gasteiger partial charge is 0.200 e. The monoisotopic (exact) mass is 290 g/mol. The summed E-state index contributed by atoms with van der Waals surface area (Å²) in [5, 5.41) is 13.8. The van der Waals surface area contributed by atoms with Crippen LogP contribution in [0.15, 0.2) is 41.5 Å². The lowest BCUT2D eigenvalue weighted by Gasteiger charge is -2.09. The number of hydrogen-bond donors (Lipinski definition) is 2. The number of ether oxygens (including phenoxy) is 2. The van der Waals surface area contributed by atoms with E-state index in [1.165, 1.54) is 32.6 Å². The Balaban J connectivity index is 2.15. The molecular weight excluding hydrogens is 275 g/mol. The van der Waals surface area contributed by atoms with E-state index in [1.807, 2.05) is 0 Å². The number of rotatable bonds is 5. The predicted octanol–water partition coefficient (Wildman–Crippen LogP) is 2.99. The Kier molecular flexibility index (Phi) is 4.61. The largest absolute Gasteiger partial charge is 0.502 e. The lowest BCUT2D eigenvalue weighted by molar-refractivity contribution is 0.340. The van der Waals surface area contributed by atoms with Crippen molar-refractivity contribution in [2.75, 3.05) is 19.6 Å². The van der Waals surface area contributed by atoms with Crippen LogP contribution in [0.4, 0.5) is 10.1 Å². The Hall–Kier alpha value is -2.76. The zero-order chi connectivity index (χ0) is 15.2. The first kappa shape index (κ1) is 14.6. The molecule has 2 rings (SSSR count). The number of hydrazone groups is 1. The minimum atomic E-state index is -0.308. The molecule has 0 saturated heterocycles. The van der Waals surface area contributed by atoms with Gasteiger partial charge in [-0.1, -0.05) is 0 Å². The molecule has 21 heavy (non-hydrogen) atoms. The van der Waals surface area contributed by atoms with Gasteiger partial charge in [0.1, 0.15) is 5.82 Å². The highest BCUT2D eigenvalue weighted by atomic mass is 19.1. The molecule has 0 aromatic heterocycles. The first-order valence-corrected chi connectivity index (χ1v) is 6.13. The number of anilines is 1. The number of phenols is 1. The summed E-state index contributed by atoms with van der Waals surface area (Å²) in [7, 11) is 2.90. The molecule has 2 N–H and O–H groups in total. The van der Waals surface area contributed by atoms with Crippen LogP contribution in [0.5, 0.6) is 17.2 Å². The van der Waals surface area contributed by atoms with E-state index >= 15 is 0 Å². The molecule has 2 aromatic rings. The molecule has 0 bridgehead atoms. The molecule has 0 unspecified atom stereocenters. The van der Waals surface area contributed by atoms with Gasteiger partial charge in [0, 0.05) is 5.56 Å². The molecular formula is C15H15FN2O3. The van der Waals surface area contributed by atoms with Gasteiger partial charge in [0.25, 0.3) is 0 Å². The highest BCUT2D eigenvalue weighted by Gasteiger charge is 2.10. The summed E-state index contributed by atoms with van der Waals surface area (Å²) < 4.78 is 22.9. The molecule has 0 heterocycles. The van der Waals surface area contributed by atoms with E-state index in [1.54, 1.807) is 24.3 Å². The number of methoxy groups -OCH3 is 2. The lowest BCUT2D eigenvalue weighted by atomic mass is 10.2. The van der Waals surface area contributed by atoms with Crippen molar-refractivity contribution < 1.29 is 19.0 Å². The SMILES string of the molecule is COc1cc(/C=N/Nc2ccc(F)cc2)cc(OC)c1O. The lowest BCUT2D eigenvalue weighted by Crippen LogP contribution is -1.94. The van der Waals surface area contributed by atoms with Crippen molar-refractivity contribution in [1.82, 2.24) is 0 Å². The maximum absolute atomic E-state index is 12.8. The van der Waals surface area contributed by atoms with Crippen LogP contribution in [-0.2, 0) is 0 Å². The second-order valence-corrected chi connectivity index (χ2v) is 4.15. The third-order valence-corrected chi connectivity index (χ3v) is 2.75. The average Bonchev–Trinajstić information content (AvgIpc) is 2.50. The van der Waals surface area contributed by atoms with E-state index in [2.05, 4.69) is 10.5 Å². The van der Waals surface area contributed by atoms with Gasteiger partial charge in [0.2, 0.25) is 5.75 Å². The van der Waals surface area contributed by atoms with Crippen molar-refractivity contribution in [1.29, 1.82) is 0 Å². The molecule has 0 saturated carbocycles. The van der Waals surface area contributed by atoms with Crippen LogP contribution in [0.1, 0.15) is 5.56 Å². The van der Waals surface area contributed by atoms with Gasteiger partial charge >= 0.3 is 0 Å². The van der Waals surface area contributed by atoms with E-state index < -0.39 is 0 Å². The molecule has 6 heteroatoms. The first-order valence-electron chi connectivity index (χ1n) is 6.13. The number of nitrogens with zero attached hydrogens (tertiary/aromatic N) is 1. The summed E-state index contributed by atoms with van der Waals surface area (Å²) in [6.45, 7) is 0. The van der Waals surface area contributed by atoms with E-state index in [4.69, 9.17) is 9.47 Å². The van der Waals surface area contributed by atoms with E-state index in [0.717, 1.165) is 0 Å². The predicted molar refractivity (Wildman–Crippen MR) is 78.8 cm³/mol. The molecule has 5 nitrogen and oxygen atoms in total. The van der Waals surface area contributed by atoms with Crippen molar-refractivity contribution in [2.45, 2.75) is 0 Å². The van der Waals surface area contributed by atoms with Gasteiger partial charge in [0.05, 0.1) is 26.1 Å². The fourth-order valence-electron chi connectivity index (χ4n) is 1.69. The van der Waals surface area contributed by atoms with Gasteiger partial charge in [-0.15, -0.1) is 0 Å². The Bertz CT molecular complexity index is 617. The topological polar surface area (TPSA) is 63.1 Å². The quantitative estimate of drug-likeness (QED) is 0.656. The summed E-state index contributed by atoms with van der Waals surface area (Å²) in [5.74, 6) is 0.205. The molecule has 0 fully saturated rings. The van der Waals surface area contributed by atoms with Crippen LogP contribution >= 0.6 is 0 Å². The fraction of sp³-hybridized carbons (Fsp3) is 0.133. The third-order valence-electron chi connectivity index (χ3n) is 2.75. The molecule has 0 atom stereocenters. The van der Waals surface area contributed by atoms with Crippen LogP contribution in [0, 0.1) is 5.82 Å². The highest BCUT2D eigenvalue weighted by Crippen LogP contribution is 2.36. The van der Waals surface area contributed by atoms with Crippen molar-refractivity contribution in [3.8, 4) is 17.2 Å². The normalized spacial score (nSPS) is 10.6. The zero-order valence-corrected chi connectivity index (χ0v) is 11.6. The average molecular weight is 290 g/mol. The van der Waals surface area contributed by atoms with Crippen molar-refractivity contribution in [3.63, 3.8) is 0 Å². The second kappa shape index (κ2) is 6.60. The van der Waals surface area contributed by atoms with Gasteiger partial charge in [-0.25, -0.2) is 4.39 Å².